The molecule has 55 heavy (non-hydrogen) atoms. The summed E-state index contributed by atoms with van der Waals surface area (Å²) in [6.07, 6.45) is 2.97. The van der Waals surface area contributed by atoms with Crippen LogP contribution in [-0.2, 0) is 23.9 Å². The van der Waals surface area contributed by atoms with Gasteiger partial charge in [0.05, 0.1) is 37.5 Å². The van der Waals surface area contributed by atoms with Crippen molar-refractivity contribution in [3.63, 3.8) is 0 Å². The molecule has 16 heteroatoms. The van der Waals surface area contributed by atoms with Gasteiger partial charge in [-0.25, -0.2) is 19.6 Å². The molecule has 2 saturated heterocycles. The first-order valence-electron chi connectivity index (χ1n) is 18.6. The minimum absolute atomic E-state index is 0.138. The molecule has 2 aromatic heterocycles. The number of oxazole rings is 1. The summed E-state index contributed by atoms with van der Waals surface area (Å²) in [5.74, 6) is 0.356. The Kier molecular flexibility index (Phi) is 11.7. The van der Waals surface area contributed by atoms with Crippen molar-refractivity contribution in [2.75, 3.05) is 32.6 Å². The van der Waals surface area contributed by atoms with E-state index in [1.807, 2.05) is 52.0 Å². The van der Waals surface area contributed by atoms with Crippen LogP contribution in [0.5, 0.6) is 0 Å². The molecule has 0 spiro atoms. The van der Waals surface area contributed by atoms with Crippen molar-refractivity contribution in [2.24, 2.45) is 11.8 Å². The van der Waals surface area contributed by atoms with Crippen molar-refractivity contribution < 1.29 is 37.9 Å². The molecule has 16 nitrogen and oxygen atoms in total. The van der Waals surface area contributed by atoms with Gasteiger partial charge in [-0.3, -0.25) is 14.4 Å². The highest BCUT2D eigenvalue weighted by molar-refractivity contribution is 5.99. The number of rotatable bonds is 11. The number of nitrogens with zero attached hydrogens (tertiary/aromatic N) is 4. The number of aromatic nitrogens is 3. The highest BCUT2D eigenvalue weighted by Gasteiger charge is 2.40. The van der Waals surface area contributed by atoms with Gasteiger partial charge in [0.2, 0.25) is 23.6 Å². The Balaban J connectivity index is 1.14. The first-order valence-corrected chi connectivity index (χ1v) is 18.6. The number of H-pyrrole nitrogens is 1. The largest absolute Gasteiger partial charge is 0.453 e. The molecule has 0 radical (unpaired) electrons. The molecule has 6 rings (SSSR count). The molecule has 4 heterocycles. The third kappa shape index (κ3) is 8.42. The van der Waals surface area contributed by atoms with Gasteiger partial charge in [0.1, 0.15) is 23.9 Å². The number of nitrogens with one attached hydrogen (secondary N) is 4. The number of hydrogen-bond acceptors (Lipinski definition) is 10. The van der Waals surface area contributed by atoms with E-state index in [9.17, 15) is 24.0 Å². The number of amides is 5. The number of methoxy groups -OCH3 is 2. The lowest BCUT2D eigenvalue weighted by molar-refractivity contribution is -0.139. The fourth-order valence-corrected chi connectivity index (χ4v) is 7.21. The maximum atomic E-state index is 13.6. The lowest BCUT2D eigenvalue weighted by atomic mass is 10.0. The fourth-order valence-electron chi connectivity index (χ4n) is 7.21. The highest BCUT2D eigenvalue weighted by atomic mass is 16.5. The molecule has 0 aliphatic carbocycles. The number of anilines is 1. The van der Waals surface area contributed by atoms with Crippen molar-refractivity contribution in [1.29, 1.82) is 0 Å². The van der Waals surface area contributed by atoms with Crippen LogP contribution >= 0.6 is 0 Å². The Morgan fingerprint density at radius 3 is 2.16 bits per heavy atom. The van der Waals surface area contributed by atoms with Crippen molar-refractivity contribution in [3.05, 3.63) is 54.5 Å². The third-order valence-corrected chi connectivity index (χ3v) is 10.1. The second-order valence-electron chi connectivity index (χ2n) is 14.5. The van der Waals surface area contributed by atoms with E-state index in [1.54, 1.807) is 29.3 Å². The molecule has 0 unspecified atom stereocenters. The van der Waals surface area contributed by atoms with Crippen molar-refractivity contribution in [1.82, 2.24) is 35.4 Å². The number of likely N-dealkylation sites (tertiary alicyclic amines) is 2. The molecular weight excluding hydrogens is 708 g/mol. The molecule has 0 saturated carbocycles. The van der Waals surface area contributed by atoms with Crippen LogP contribution in [-0.4, -0.2) is 100 Å². The van der Waals surface area contributed by atoms with Gasteiger partial charge >= 0.3 is 12.2 Å². The molecule has 0 bridgehead atoms. The summed E-state index contributed by atoms with van der Waals surface area (Å²) in [6.45, 7) is 8.36. The minimum Gasteiger partial charge on any atom is -0.453 e. The van der Waals surface area contributed by atoms with E-state index < -0.39 is 30.3 Å². The van der Waals surface area contributed by atoms with Gasteiger partial charge in [-0.1, -0.05) is 33.8 Å². The van der Waals surface area contributed by atoms with Gasteiger partial charge in [-0.15, -0.1) is 0 Å². The normalized spacial score (nSPS) is 18.0. The van der Waals surface area contributed by atoms with Crippen LogP contribution in [0.4, 0.5) is 15.3 Å². The van der Waals surface area contributed by atoms with Crippen LogP contribution < -0.4 is 16.0 Å². The molecule has 5 amide bonds. The Morgan fingerprint density at radius 2 is 1.49 bits per heavy atom. The molecular formula is C39H48N8O8. The number of alkyl carbamates (subject to hydrolysis) is 2. The predicted molar refractivity (Wildman–Crippen MR) is 202 cm³/mol. The number of imidazole rings is 1. The SMILES string of the molecule is COC(=O)N[C@H](C(=O)N1CCC[C@H]1c1nc2ccc(-c3cnc(-c4cccc(NC(=O)[C@H]5CCCN5C(=O)[C@H](NC(=O)OC)C(C)C)c4)o3)cc2[nH]1)C(C)C. The summed E-state index contributed by atoms with van der Waals surface area (Å²) in [7, 11) is 2.51. The Labute approximate surface area is 318 Å². The lowest BCUT2D eigenvalue weighted by Gasteiger charge is -2.30. The second-order valence-corrected chi connectivity index (χ2v) is 14.5. The summed E-state index contributed by atoms with van der Waals surface area (Å²) >= 11 is 0. The molecule has 2 aliphatic heterocycles. The van der Waals surface area contributed by atoms with Gasteiger partial charge in [0.15, 0.2) is 5.76 Å². The number of ether oxygens (including phenoxy) is 2. The fraction of sp³-hybridized carbons (Fsp3) is 0.462. The van der Waals surface area contributed by atoms with Crippen LogP contribution in [0.3, 0.4) is 0 Å². The molecule has 292 valence electrons. The highest BCUT2D eigenvalue weighted by Crippen LogP contribution is 2.34. The number of aromatic amines is 1. The van der Waals surface area contributed by atoms with Crippen molar-refractivity contribution >= 4 is 46.6 Å². The van der Waals surface area contributed by atoms with Gasteiger partial charge in [-0.05, 0) is 73.9 Å². The second kappa shape index (κ2) is 16.6. The third-order valence-electron chi connectivity index (χ3n) is 10.1. The number of benzene rings is 2. The summed E-state index contributed by atoms with van der Waals surface area (Å²) in [6, 6.07) is 10.3. The summed E-state index contributed by atoms with van der Waals surface area (Å²) < 4.78 is 15.6. The number of hydrogen-bond donors (Lipinski definition) is 4. The Morgan fingerprint density at radius 1 is 0.836 bits per heavy atom. The maximum Gasteiger partial charge on any atom is 0.407 e. The van der Waals surface area contributed by atoms with Gasteiger partial charge in [-0.2, -0.15) is 0 Å². The van der Waals surface area contributed by atoms with E-state index in [0.717, 1.165) is 29.4 Å². The quantitative estimate of drug-likeness (QED) is 0.157. The molecule has 4 N–H and O–H groups in total. The Hall–Kier alpha value is -5.93. The lowest BCUT2D eigenvalue weighted by Crippen LogP contribution is -2.54. The van der Waals surface area contributed by atoms with Gasteiger partial charge in [0.25, 0.3) is 0 Å². The van der Waals surface area contributed by atoms with Crippen molar-refractivity contribution in [2.45, 2.75) is 77.5 Å². The first kappa shape index (κ1) is 38.8. The number of fused-ring (bicyclic) bond motifs is 1. The average Bonchev–Trinajstić information content (AvgIpc) is 4.01. The van der Waals surface area contributed by atoms with Gasteiger partial charge in [0, 0.05) is 29.9 Å². The smallest absolute Gasteiger partial charge is 0.407 e. The van der Waals surface area contributed by atoms with E-state index >= 15 is 0 Å². The van der Waals surface area contributed by atoms with Crippen molar-refractivity contribution in [3.8, 4) is 22.8 Å². The zero-order chi connectivity index (χ0) is 39.4. The molecule has 2 aromatic carbocycles. The molecule has 4 atom stereocenters. The van der Waals surface area contributed by atoms with Crippen LogP contribution in [0, 0.1) is 11.8 Å². The topological polar surface area (TPSA) is 201 Å². The number of carbonyl (C=O) groups excluding carboxylic acids is 5. The monoisotopic (exact) mass is 756 g/mol. The molecule has 2 aliphatic rings. The molecule has 4 aromatic rings. The van der Waals surface area contributed by atoms with Gasteiger partial charge < -0.3 is 44.6 Å². The van der Waals surface area contributed by atoms with Crippen LogP contribution in [0.2, 0.25) is 0 Å². The van der Waals surface area contributed by atoms with E-state index in [0.29, 0.717) is 54.7 Å². The average molecular weight is 757 g/mol. The Bertz CT molecular complexity index is 2060. The van der Waals surface area contributed by atoms with Crippen LogP contribution in [0.25, 0.3) is 33.8 Å². The van der Waals surface area contributed by atoms with E-state index in [1.165, 1.54) is 19.1 Å². The van der Waals surface area contributed by atoms with E-state index in [-0.39, 0.29) is 35.6 Å². The van der Waals surface area contributed by atoms with Crippen LogP contribution in [0.1, 0.15) is 65.2 Å². The summed E-state index contributed by atoms with van der Waals surface area (Å²) in [5.41, 5.74) is 3.42. The van der Waals surface area contributed by atoms with E-state index in [4.69, 9.17) is 18.9 Å². The number of carbonyl (C=O) groups is 5. The standard InChI is InChI=1S/C39H48N8O8/c1-21(2)31(44-38(51)53-5)36(49)46-16-8-12-28(46)33-42-26-15-14-23(19-27(26)43-33)30-20-40-35(55-30)24-10-7-11-25(18-24)41-34(48)29-13-9-17-47(29)37(50)32(22(3)4)45-39(52)54-6/h7,10-11,14-15,18-22,28-29,31-32H,8-9,12-13,16-17H2,1-6H3,(H,41,48)(H,42,43)(H,44,51)(H,45,52)/t28-,29+,31-,32+/m0/s1. The van der Waals surface area contributed by atoms with E-state index in [2.05, 4.69) is 25.9 Å². The zero-order valence-corrected chi connectivity index (χ0v) is 31.9. The first-order chi connectivity index (χ1) is 26.4. The minimum atomic E-state index is -0.825. The summed E-state index contributed by atoms with van der Waals surface area (Å²) in [4.78, 5) is 80.4. The van der Waals surface area contributed by atoms with Crippen LogP contribution in [0.15, 0.2) is 53.1 Å². The summed E-state index contributed by atoms with van der Waals surface area (Å²) in [5, 5.41) is 8.22. The zero-order valence-electron chi connectivity index (χ0n) is 31.9. The molecule has 2 fully saturated rings. The maximum absolute atomic E-state index is 13.6. The predicted octanol–water partition coefficient (Wildman–Crippen LogP) is 5.24.